The van der Waals surface area contributed by atoms with Crippen LogP contribution in [0.1, 0.15) is 12.8 Å². The summed E-state index contributed by atoms with van der Waals surface area (Å²) in [5, 5.41) is 21.6. The number of aliphatic hydroxyl groups excluding tert-OH is 2. The number of carbonyl (C=O) groups is 6. The van der Waals surface area contributed by atoms with Gasteiger partial charge in [-0.25, -0.2) is 28.8 Å². The number of allylic oxidation sites excluding steroid dienone is 2. The van der Waals surface area contributed by atoms with Crippen LogP contribution in [0.25, 0.3) is 0 Å². The van der Waals surface area contributed by atoms with Gasteiger partial charge in [-0.2, -0.15) is 0 Å². The molecule has 2 unspecified atom stereocenters. The molecule has 0 aromatic heterocycles. The van der Waals surface area contributed by atoms with E-state index in [-0.39, 0.29) is 0 Å². The summed E-state index contributed by atoms with van der Waals surface area (Å²) >= 11 is 0. The molecule has 0 aromatic carbocycles. The van der Waals surface area contributed by atoms with E-state index in [2.05, 4.69) is 9.47 Å². The molecule has 14 heteroatoms. The van der Waals surface area contributed by atoms with Crippen molar-refractivity contribution in [3.63, 3.8) is 0 Å². The third kappa shape index (κ3) is 5.10. The van der Waals surface area contributed by atoms with E-state index in [0.717, 1.165) is 42.7 Å². The maximum Gasteiger partial charge on any atom is 0.342 e. The fourth-order valence-corrected chi connectivity index (χ4v) is 4.44. The molecule has 0 aliphatic heterocycles. The highest BCUT2D eigenvalue weighted by Crippen LogP contribution is 2.47. The van der Waals surface area contributed by atoms with Gasteiger partial charge in [0, 0.05) is 24.7 Å². The van der Waals surface area contributed by atoms with Gasteiger partial charge >= 0.3 is 35.8 Å². The predicted octanol–water partition coefficient (Wildman–Crippen LogP) is 0.282. The molecular formula is C24H26O14. The van der Waals surface area contributed by atoms with Gasteiger partial charge in [0.05, 0.1) is 65.0 Å². The SMILES string of the molecule is COC(=O)C1=C(O)CC(C2CC(O)=C(C(=O)OC)C(C(=O)OC)=C2C(=O)OC)C(C(=O)OC)=C1C(=O)OC. The minimum Gasteiger partial charge on any atom is -0.511 e. The van der Waals surface area contributed by atoms with Crippen molar-refractivity contribution in [2.24, 2.45) is 11.8 Å². The number of ether oxygens (including phenoxy) is 6. The average molecular weight is 538 g/mol. The van der Waals surface area contributed by atoms with Gasteiger partial charge in [-0.05, 0) is 0 Å². The molecule has 14 nitrogen and oxygen atoms in total. The molecule has 2 N–H and O–H groups in total. The van der Waals surface area contributed by atoms with Crippen LogP contribution in [0.15, 0.2) is 45.0 Å². The van der Waals surface area contributed by atoms with Crippen molar-refractivity contribution in [1.29, 1.82) is 0 Å². The van der Waals surface area contributed by atoms with E-state index in [0.29, 0.717) is 0 Å². The van der Waals surface area contributed by atoms with Crippen molar-refractivity contribution >= 4 is 35.8 Å². The Balaban J connectivity index is 3.03. The highest BCUT2D eigenvalue weighted by molar-refractivity contribution is 6.15. The standard InChI is InChI=1S/C24H26O14/c1-33-19(27)13-9(7-11(25)15(21(29)35-3)17(13)23(31)37-5)10-8-12(26)16(22(30)36-4)18(24(32)38-6)14(10)20(28)34-2/h9-10,25-26H,7-8H2,1-6H3. The summed E-state index contributed by atoms with van der Waals surface area (Å²) < 4.78 is 28.4. The summed E-state index contributed by atoms with van der Waals surface area (Å²) in [5.41, 5.74) is -3.85. The van der Waals surface area contributed by atoms with Crippen LogP contribution in [-0.4, -0.2) is 88.7 Å². The lowest BCUT2D eigenvalue weighted by Gasteiger charge is -2.36. The molecule has 0 spiro atoms. The van der Waals surface area contributed by atoms with Crippen LogP contribution in [0.4, 0.5) is 0 Å². The molecule has 0 aromatic rings. The van der Waals surface area contributed by atoms with Crippen LogP contribution in [0, 0.1) is 11.8 Å². The van der Waals surface area contributed by atoms with Crippen molar-refractivity contribution in [2.45, 2.75) is 12.8 Å². The molecule has 0 fully saturated rings. The summed E-state index contributed by atoms with van der Waals surface area (Å²) in [4.78, 5) is 76.6. The molecule has 0 bridgehead atoms. The number of hydrogen-bond acceptors (Lipinski definition) is 14. The van der Waals surface area contributed by atoms with Crippen LogP contribution in [0.5, 0.6) is 0 Å². The Kier molecular flexibility index (Phi) is 9.41. The molecule has 0 heterocycles. The van der Waals surface area contributed by atoms with Crippen LogP contribution < -0.4 is 0 Å². The maximum atomic E-state index is 13.0. The van der Waals surface area contributed by atoms with Gasteiger partial charge in [0.25, 0.3) is 0 Å². The second kappa shape index (κ2) is 12.1. The number of aliphatic hydroxyl groups is 2. The summed E-state index contributed by atoms with van der Waals surface area (Å²) in [5.74, 6) is -11.4. The Bertz CT molecular complexity index is 1120. The molecule has 2 aliphatic rings. The second-order valence-corrected chi connectivity index (χ2v) is 7.79. The molecule has 0 amide bonds. The van der Waals surface area contributed by atoms with E-state index in [9.17, 15) is 39.0 Å². The molecule has 2 aliphatic carbocycles. The Hall–Kier alpha value is -4.62. The van der Waals surface area contributed by atoms with E-state index in [1.165, 1.54) is 0 Å². The zero-order chi connectivity index (χ0) is 28.9. The van der Waals surface area contributed by atoms with E-state index >= 15 is 0 Å². The van der Waals surface area contributed by atoms with Crippen molar-refractivity contribution in [1.82, 2.24) is 0 Å². The Labute approximate surface area is 216 Å². The van der Waals surface area contributed by atoms with Gasteiger partial charge in [0.15, 0.2) is 0 Å². The second-order valence-electron chi connectivity index (χ2n) is 7.79. The number of carbonyl (C=O) groups excluding carboxylic acids is 6. The molecule has 2 atom stereocenters. The number of hydrogen-bond donors (Lipinski definition) is 2. The van der Waals surface area contributed by atoms with E-state index < -0.39 is 105 Å². The molecule has 0 saturated carbocycles. The molecule has 0 radical (unpaired) electrons. The first-order valence-electron chi connectivity index (χ1n) is 10.8. The Morgan fingerprint density at radius 2 is 0.711 bits per heavy atom. The van der Waals surface area contributed by atoms with Gasteiger partial charge < -0.3 is 38.6 Å². The third-order valence-electron chi connectivity index (χ3n) is 6.04. The topological polar surface area (TPSA) is 198 Å². The first-order chi connectivity index (χ1) is 17.9. The van der Waals surface area contributed by atoms with E-state index in [1.54, 1.807) is 0 Å². The molecule has 0 saturated heterocycles. The van der Waals surface area contributed by atoms with Crippen LogP contribution in [-0.2, 0) is 57.2 Å². The largest absolute Gasteiger partial charge is 0.511 e. The highest BCUT2D eigenvalue weighted by atomic mass is 16.5. The summed E-state index contributed by atoms with van der Waals surface area (Å²) in [6.45, 7) is 0. The first-order valence-corrected chi connectivity index (χ1v) is 10.8. The lowest BCUT2D eigenvalue weighted by molar-refractivity contribution is -0.142. The first kappa shape index (κ1) is 29.6. The molecule has 2 rings (SSSR count). The quantitative estimate of drug-likeness (QED) is 0.331. The van der Waals surface area contributed by atoms with Gasteiger partial charge in [-0.1, -0.05) is 0 Å². The normalized spacial score (nSPS) is 19.5. The minimum atomic E-state index is -1.40. The average Bonchev–Trinajstić information content (AvgIpc) is 2.93. The van der Waals surface area contributed by atoms with E-state index in [4.69, 9.17) is 18.9 Å². The van der Waals surface area contributed by atoms with Crippen LogP contribution in [0.3, 0.4) is 0 Å². The van der Waals surface area contributed by atoms with Crippen molar-refractivity contribution in [3.05, 3.63) is 45.0 Å². The van der Waals surface area contributed by atoms with Gasteiger partial charge in [0.2, 0.25) is 0 Å². The summed E-state index contributed by atoms with van der Waals surface area (Å²) in [7, 11) is 5.80. The zero-order valence-corrected chi connectivity index (χ0v) is 21.4. The highest BCUT2D eigenvalue weighted by Gasteiger charge is 2.49. The van der Waals surface area contributed by atoms with E-state index in [1.807, 2.05) is 0 Å². The smallest absolute Gasteiger partial charge is 0.342 e. The fraction of sp³-hybridized carbons (Fsp3) is 0.417. The van der Waals surface area contributed by atoms with Crippen molar-refractivity contribution < 1.29 is 67.4 Å². The minimum absolute atomic E-state index is 0.525. The van der Waals surface area contributed by atoms with Crippen molar-refractivity contribution in [3.8, 4) is 0 Å². The van der Waals surface area contributed by atoms with Crippen LogP contribution >= 0.6 is 0 Å². The van der Waals surface area contributed by atoms with Crippen molar-refractivity contribution in [2.75, 3.05) is 42.7 Å². The lowest BCUT2D eigenvalue weighted by atomic mass is 9.67. The van der Waals surface area contributed by atoms with Gasteiger partial charge in [-0.3, -0.25) is 0 Å². The van der Waals surface area contributed by atoms with Crippen LogP contribution in [0.2, 0.25) is 0 Å². The van der Waals surface area contributed by atoms with Gasteiger partial charge in [-0.15, -0.1) is 0 Å². The number of methoxy groups -OCH3 is 6. The number of esters is 6. The lowest BCUT2D eigenvalue weighted by Crippen LogP contribution is -2.38. The predicted molar refractivity (Wildman–Crippen MR) is 122 cm³/mol. The third-order valence-corrected chi connectivity index (χ3v) is 6.04. The monoisotopic (exact) mass is 538 g/mol. The zero-order valence-electron chi connectivity index (χ0n) is 21.4. The molecular weight excluding hydrogens is 512 g/mol. The fourth-order valence-electron chi connectivity index (χ4n) is 4.44. The Morgan fingerprint density at radius 3 is 0.947 bits per heavy atom. The Morgan fingerprint density at radius 1 is 0.474 bits per heavy atom. The maximum absolute atomic E-state index is 13.0. The molecule has 38 heavy (non-hydrogen) atoms. The number of rotatable bonds is 7. The van der Waals surface area contributed by atoms with Gasteiger partial charge in [0.1, 0.15) is 22.7 Å². The molecule has 206 valence electrons. The summed E-state index contributed by atoms with van der Waals surface area (Å²) in [6.07, 6.45) is -1.15. The summed E-state index contributed by atoms with van der Waals surface area (Å²) in [6, 6.07) is 0.